The number of nitrogens with zero attached hydrogens (tertiary/aromatic N) is 9. The minimum atomic E-state index is -0.525. The van der Waals surface area contributed by atoms with Crippen molar-refractivity contribution in [1.82, 2.24) is 40.0 Å². The van der Waals surface area contributed by atoms with Gasteiger partial charge in [-0.2, -0.15) is 9.94 Å². The fourth-order valence-electron chi connectivity index (χ4n) is 5.20. The molecule has 3 aliphatic rings. The van der Waals surface area contributed by atoms with Crippen LogP contribution in [0, 0.1) is 17.1 Å². The molecule has 1 aliphatic carbocycles. The first-order chi connectivity index (χ1) is 17.1. The van der Waals surface area contributed by atoms with Gasteiger partial charge in [-0.05, 0) is 41.0 Å². The number of piperazine rings is 1. The lowest BCUT2D eigenvalue weighted by molar-refractivity contribution is -0.141. The van der Waals surface area contributed by atoms with E-state index in [1.54, 1.807) is 18.3 Å². The van der Waals surface area contributed by atoms with Crippen molar-refractivity contribution in [2.24, 2.45) is 0 Å². The quantitative estimate of drug-likeness (QED) is 0.540. The molecule has 12 heteroatoms. The van der Waals surface area contributed by atoms with E-state index in [-0.39, 0.29) is 29.5 Å². The van der Waals surface area contributed by atoms with Gasteiger partial charge in [0.15, 0.2) is 0 Å². The molecular formula is C23H22FN9O2. The maximum atomic E-state index is 13.7. The number of hydrogen-bond donors (Lipinski definition) is 0. The molecule has 1 unspecified atom stereocenters. The van der Waals surface area contributed by atoms with Gasteiger partial charge < -0.3 is 9.64 Å². The van der Waals surface area contributed by atoms with Crippen molar-refractivity contribution in [3.05, 3.63) is 58.9 Å². The minimum Gasteiger partial charge on any atom is -0.370 e. The van der Waals surface area contributed by atoms with E-state index in [9.17, 15) is 9.18 Å². The Bertz CT molecular complexity index is 1310. The molecule has 0 radical (unpaired) electrons. The summed E-state index contributed by atoms with van der Waals surface area (Å²) >= 11 is 0. The predicted octanol–water partition coefficient (Wildman–Crippen LogP) is 0.777. The summed E-state index contributed by atoms with van der Waals surface area (Å²) in [6, 6.07) is 6.53. The SMILES string of the molecule is N#Cc1cc([C@@H]2CN3CCN(C(=O)C4CCc5nc(-n6cnnn6)ncc54)C[C@@H]3CO2)ccc1F. The van der Waals surface area contributed by atoms with Crippen LogP contribution in [0.5, 0.6) is 0 Å². The Kier molecular flexibility index (Phi) is 5.43. The molecule has 0 spiro atoms. The second kappa shape index (κ2) is 8.75. The topological polar surface area (TPSA) is 126 Å². The third kappa shape index (κ3) is 3.92. The molecule has 11 nitrogen and oxygen atoms in total. The fourth-order valence-corrected chi connectivity index (χ4v) is 5.20. The highest BCUT2D eigenvalue weighted by molar-refractivity contribution is 5.85. The number of rotatable bonds is 3. The molecule has 0 N–H and O–H groups in total. The monoisotopic (exact) mass is 475 g/mol. The number of carbonyl (C=O) groups is 1. The molecule has 2 fully saturated rings. The first-order valence-electron chi connectivity index (χ1n) is 11.5. The van der Waals surface area contributed by atoms with Crippen LogP contribution in [0.3, 0.4) is 0 Å². The fraction of sp³-hybridized carbons (Fsp3) is 0.435. The Morgan fingerprint density at radius 2 is 2.17 bits per heavy atom. The maximum Gasteiger partial charge on any atom is 0.253 e. The molecule has 4 heterocycles. The highest BCUT2D eigenvalue weighted by Crippen LogP contribution is 2.35. The van der Waals surface area contributed by atoms with Gasteiger partial charge in [-0.15, -0.1) is 5.10 Å². The molecule has 1 amide bonds. The van der Waals surface area contributed by atoms with Crippen molar-refractivity contribution < 1.29 is 13.9 Å². The summed E-state index contributed by atoms with van der Waals surface area (Å²) in [4.78, 5) is 26.6. The average Bonchev–Trinajstić information content (AvgIpc) is 3.58. The summed E-state index contributed by atoms with van der Waals surface area (Å²) in [6.07, 6.45) is 4.34. The van der Waals surface area contributed by atoms with Crippen molar-refractivity contribution in [1.29, 1.82) is 5.26 Å². The molecular weight excluding hydrogens is 453 g/mol. The Morgan fingerprint density at radius 3 is 3.00 bits per heavy atom. The van der Waals surface area contributed by atoms with Gasteiger partial charge in [0.1, 0.15) is 18.2 Å². The molecule has 3 atom stereocenters. The van der Waals surface area contributed by atoms with Crippen LogP contribution in [-0.4, -0.2) is 84.7 Å². The van der Waals surface area contributed by atoms with Gasteiger partial charge >= 0.3 is 0 Å². The van der Waals surface area contributed by atoms with Gasteiger partial charge in [-0.1, -0.05) is 6.07 Å². The summed E-state index contributed by atoms with van der Waals surface area (Å²) in [5, 5.41) is 20.2. The van der Waals surface area contributed by atoms with E-state index >= 15 is 0 Å². The lowest BCUT2D eigenvalue weighted by Gasteiger charge is -2.46. The van der Waals surface area contributed by atoms with Gasteiger partial charge in [0.05, 0.1) is 35.9 Å². The van der Waals surface area contributed by atoms with Gasteiger partial charge in [0.25, 0.3) is 5.95 Å². The van der Waals surface area contributed by atoms with Crippen molar-refractivity contribution in [3.8, 4) is 12.0 Å². The first kappa shape index (κ1) is 21.7. The number of amides is 1. The van der Waals surface area contributed by atoms with Crippen LogP contribution < -0.4 is 0 Å². The summed E-state index contributed by atoms with van der Waals surface area (Å²) in [5.74, 6) is -0.281. The number of nitriles is 1. The zero-order chi connectivity index (χ0) is 23.9. The van der Waals surface area contributed by atoms with Crippen LogP contribution in [0.25, 0.3) is 5.95 Å². The average molecular weight is 475 g/mol. The minimum absolute atomic E-state index is 0.0227. The predicted molar refractivity (Wildman–Crippen MR) is 118 cm³/mol. The van der Waals surface area contributed by atoms with E-state index in [0.29, 0.717) is 45.0 Å². The van der Waals surface area contributed by atoms with E-state index in [4.69, 9.17) is 10.00 Å². The number of ether oxygens (including phenoxy) is 1. The van der Waals surface area contributed by atoms with Crippen LogP contribution >= 0.6 is 0 Å². The third-order valence-corrected chi connectivity index (χ3v) is 7.07. The largest absolute Gasteiger partial charge is 0.370 e. The third-order valence-electron chi connectivity index (χ3n) is 7.07. The number of fused-ring (bicyclic) bond motifs is 2. The van der Waals surface area contributed by atoms with E-state index < -0.39 is 5.82 Å². The number of aromatic nitrogens is 6. The highest BCUT2D eigenvalue weighted by Gasteiger charge is 2.39. The molecule has 2 aliphatic heterocycles. The van der Waals surface area contributed by atoms with Gasteiger partial charge in [-0.25, -0.2) is 14.4 Å². The van der Waals surface area contributed by atoms with Gasteiger partial charge in [0.2, 0.25) is 5.91 Å². The van der Waals surface area contributed by atoms with E-state index in [2.05, 4.69) is 30.4 Å². The Hall–Kier alpha value is -3.82. The smallest absolute Gasteiger partial charge is 0.253 e. The molecule has 6 rings (SSSR count). The van der Waals surface area contributed by atoms with Crippen LogP contribution in [0.2, 0.25) is 0 Å². The van der Waals surface area contributed by atoms with Gasteiger partial charge in [-0.3, -0.25) is 9.69 Å². The number of benzene rings is 1. The lowest BCUT2D eigenvalue weighted by atomic mass is 9.99. The van der Waals surface area contributed by atoms with Crippen LogP contribution in [0.4, 0.5) is 4.39 Å². The normalized spacial score (nSPS) is 24.0. The highest BCUT2D eigenvalue weighted by atomic mass is 19.1. The van der Waals surface area contributed by atoms with Crippen molar-refractivity contribution in [2.45, 2.75) is 30.9 Å². The molecule has 0 saturated carbocycles. The first-order valence-corrected chi connectivity index (χ1v) is 11.5. The maximum absolute atomic E-state index is 13.7. The van der Waals surface area contributed by atoms with E-state index in [0.717, 1.165) is 23.4 Å². The van der Waals surface area contributed by atoms with Crippen LogP contribution in [0.15, 0.2) is 30.7 Å². The number of aryl methyl sites for hydroxylation is 1. The van der Waals surface area contributed by atoms with Crippen molar-refractivity contribution in [2.75, 3.05) is 32.8 Å². The summed E-state index contributed by atoms with van der Waals surface area (Å²) in [5.41, 5.74) is 2.55. The summed E-state index contributed by atoms with van der Waals surface area (Å²) < 4.78 is 21.2. The summed E-state index contributed by atoms with van der Waals surface area (Å²) in [7, 11) is 0. The van der Waals surface area contributed by atoms with E-state index in [1.165, 1.54) is 17.1 Å². The Labute approximate surface area is 200 Å². The molecule has 2 aromatic heterocycles. The molecule has 178 valence electrons. The molecule has 1 aromatic carbocycles. The Morgan fingerprint density at radius 1 is 1.26 bits per heavy atom. The van der Waals surface area contributed by atoms with E-state index in [1.807, 2.05) is 11.0 Å². The Balaban J connectivity index is 1.11. The zero-order valence-electron chi connectivity index (χ0n) is 18.8. The molecule has 3 aromatic rings. The standard InChI is InChI=1S/C23H22FN9O2/c24-19-3-1-14(7-15(19)8-25)21-11-31-5-6-32(10-16(31)12-35-21)22(34)17-2-4-20-18(17)9-26-23(28-20)33-13-27-29-30-33/h1,3,7,9,13,16-17,21H,2,4-6,10-12H2/t16-,17?,21+/m1/s1. The number of halogens is 1. The van der Waals surface area contributed by atoms with Crippen molar-refractivity contribution >= 4 is 5.91 Å². The van der Waals surface area contributed by atoms with Gasteiger partial charge in [0, 0.05) is 37.9 Å². The lowest BCUT2D eigenvalue weighted by Crippen LogP contribution is -2.60. The van der Waals surface area contributed by atoms with Crippen LogP contribution in [-0.2, 0) is 16.0 Å². The number of hydrogen-bond acceptors (Lipinski definition) is 9. The number of morpholine rings is 1. The zero-order valence-corrected chi connectivity index (χ0v) is 18.8. The summed E-state index contributed by atoms with van der Waals surface area (Å²) in [6.45, 7) is 3.06. The molecule has 2 saturated heterocycles. The second-order valence-electron chi connectivity index (χ2n) is 9.02. The second-order valence-corrected chi connectivity index (χ2v) is 9.02. The number of tetrazole rings is 1. The van der Waals surface area contributed by atoms with Crippen molar-refractivity contribution in [3.63, 3.8) is 0 Å². The molecule has 0 bridgehead atoms. The number of carbonyl (C=O) groups excluding carboxylic acids is 1. The van der Waals surface area contributed by atoms with Crippen LogP contribution in [0.1, 0.15) is 40.8 Å². The molecule has 35 heavy (non-hydrogen) atoms.